The van der Waals surface area contributed by atoms with Crippen molar-refractivity contribution in [1.29, 1.82) is 0 Å². The summed E-state index contributed by atoms with van der Waals surface area (Å²) in [6.07, 6.45) is 1.51. The monoisotopic (exact) mass is 446 g/mol. The summed E-state index contributed by atoms with van der Waals surface area (Å²) < 4.78 is 35.2. The lowest BCUT2D eigenvalue weighted by Gasteiger charge is -2.19. The number of ether oxygens (including phenoxy) is 2. The Hall–Kier alpha value is -3.36. The van der Waals surface area contributed by atoms with Crippen molar-refractivity contribution in [2.24, 2.45) is 4.99 Å². The zero-order valence-corrected chi connectivity index (χ0v) is 18.2. The Morgan fingerprint density at radius 3 is 2.47 bits per heavy atom. The van der Waals surface area contributed by atoms with Gasteiger partial charge >= 0.3 is 6.61 Å². The van der Waals surface area contributed by atoms with Crippen molar-refractivity contribution in [3.63, 3.8) is 0 Å². The molecule has 2 N–H and O–H groups in total. The fourth-order valence-corrected chi connectivity index (χ4v) is 3.57. The fraction of sp³-hybridized carbons (Fsp3) is 0.391. The summed E-state index contributed by atoms with van der Waals surface area (Å²) >= 11 is 0. The van der Waals surface area contributed by atoms with Gasteiger partial charge in [-0.05, 0) is 35.7 Å². The Morgan fingerprint density at radius 1 is 1.12 bits per heavy atom. The van der Waals surface area contributed by atoms with Crippen molar-refractivity contribution in [2.75, 3.05) is 20.7 Å². The van der Waals surface area contributed by atoms with Crippen molar-refractivity contribution >= 4 is 11.9 Å². The Labute approximate surface area is 186 Å². The minimum absolute atomic E-state index is 0.0735. The van der Waals surface area contributed by atoms with E-state index < -0.39 is 6.61 Å². The lowest BCUT2D eigenvalue weighted by molar-refractivity contribution is -0.128. The number of aliphatic imine (C=N–C) groups is 1. The average Bonchev–Trinajstić information content (AvgIpc) is 3.19. The normalized spacial score (nSPS) is 14.1. The van der Waals surface area contributed by atoms with Crippen LogP contribution in [0.2, 0.25) is 0 Å². The fourth-order valence-electron chi connectivity index (χ4n) is 3.57. The Bertz CT molecular complexity index is 953. The van der Waals surface area contributed by atoms with Crippen molar-refractivity contribution < 1.29 is 23.0 Å². The molecule has 1 aliphatic rings. The molecule has 9 heteroatoms. The van der Waals surface area contributed by atoms with Crippen molar-refractivity contribution in [3.8, 4) is 11.5 Å². The molecule has 0 aliphatic carbocycles. The minimum Gasteiger partial charge on any atom is -0.497 e. The van der Waals surface area contributed by atoms with Crippen LogP contribution in [-0.4, -0.2) is 44.1 Å². The topological polar surface area (TPSA) is 75.2 Å². The van der Waals surface area contributed by atoms with Gasteiger partial charge < -0.3 is 25.0 Å². The second-order valence-electron chi connectivity index (χ2n) is 7.32. The summed E-state index contributed by atoms with van der Waals surface area (Å²) in [5, 5.41) is 6.35. The summed E-state index contributed by atoms with van der Waals surface area (Å²) in [6, 6.07) is 12.6. The van der Waals surface area contributed by atoms with Gasteiger partial charge in [-0.1, -0.05) is 24.3 Å². The van der Waals surface area contributed by atoms with Crippen molar-refractivity contribution in [1.82, 2.24) is 15.5 Å². The molecule has 3 rings (SSSR count). The molecule has 0 bridgehead atoms. The number of guanidine groups is 1. The van der Waals surface area contributed by atoms with E-state index in [0.29, 0.717) is 36.8 Å². The summed E-state index contributed by atoms with van der Waals surface area (Å²) in [6.45, 7) is -0.841. The van der Waals surface area contributed by atoms with Crippen LogP contribution in [0.1, 0.15) is 29.5 Å². The third kappa shape index (κ3) is 6.32. The number of hydrogen-bond donors (Lipinski definition) is 2. The molecule has 0 unspecified atom stereocenters. The summed E-state index contributed by atoms with van der Waals surface area (Å²) in [7, 11) is 3.14. The highest BCUT2D eigenvalue weighted by Crippen LogP contribution is 2.25. The highest BCUT2D eigenvalue weighted by molar-refractivity contribution is 5.80. The Balaban J connectivity index is 1.62. The van der Waals surface area contributed by atoms with Gasteiger partial charge in [-0.3, -0.25) is 9.79 Å². The molecule has 1 aliphatic heterocycles. The first-order valence-corrected chi connectivity index (χ1v) is 10.4. The van der Waals surface area contributed by atoms with Gasteiger partial charge in [0.15, 0.2) is 5.96 Å². The third-order valence-electron chi connectivity index (χ3n) is 5.25. The van der Waals surface area contributed by atoms with E-state index in [9.17, 15) is 13.6 Å². The lowest BCUT2D eigenvalue weighted by atomic mass is 10.1. The van der Waals surface area contributed by atoms with Crippen molar-refractivity contribution in [3.05, 3.63) is 59.2 Å². The summed E-state index contributed by atoms with van der Waals surface area (Å²) in [5.74, 6) is 1.30. The Kier molecular flexibility index (Phi) is 8.24. The molecular weight excluding hydrogens is 418 g/mol. The molecule has 1 fully saturated rings. The van der Waals surface area contributed by atoms with E-state index in [0.717, 1.165) is 24.1 Å². The predicted octanol–water partition coefficient (Wildman–Crippen LogP) is 3.28. The molecule has 0 spiro atoms. The van der Waals surface area contributed by atoms with E-state index in [2.05, 4.69) is 20.4 Å². The second kappa shape index (κ2) is 11.3. The first kappa shape index (κ1) is 23.3. The number of rotatable bonds is 9. The molecule has 0 radical (unpaired) electrons. The third-order valence-corrected chi connectivity index (χ3v) is 5.25. The van der Waals surface area contributed by atoms with E-state index in [1.54, 1.807) is 19.2 Å². The van der Waals surface area contributed by atoms with Gasteiger partial charge in [0.05, 0.1) is 7.11 Å². The van der Waals surface area contributed by atoms with E-state index in [1.807, 2.05) is 29.2 Å². The van der Waals surface area contributed by atoms with Crippen LogP contribution in [0.15, 0.2) is 47.5 Å². The highest BCUT2D eigenvalue weighted by Gasteiger charge is 2.21. The zero-order chi connectivity index (χ0) is 22.9. The minimum atomic E-state index is -2.92. The number of hydrogen-bond acceptors (Lipinski definition) is 4. The first-order chi connectivity index (χ1) is 15.5. The lowest BCUT2D eigenvalue weighted by Crippen LogP contribution is -2.36. The average molecular weight is 446 g/mol. The second-order valence-corrected chi connectivity index (χ2v) is 7.32. The van der Waals surface area contributed by atoms with Gasteiger partial charge in [0.1, 0.15) is 11.5 Å². The number of amides is 1. The number of methoxy groups -OCH3 is 1. The van der Waals surface area contributed by atoms with Crippen LogP contribution in [0, 0.1) is 0 Å². The van der Waals surface area contributed by atoms with Crippen LogP contribution in [0.3, 0.4) is 0 Å². The molecule has 2 aromatic rings. The maximum absolute atomic E-state index is 12.7. The van der Waals surface area contributed by atoms with Crippen molar-refractivity contribution in [2.45, 2.75) is 39.1 Å². The maximum atomic E-state index is 12.7. The highest BCUT2D eigenvalue weighted by atomic mass is 19.3. The van der Waals surface area contributed by atoms with E-state index in [4.69, 9.17) is 4.74 Å². The van der Waals surface area contributed by atoms with E-state index >= 15 is 0 Å². The van der Waals surface area contributed by atoms with Gasteiger partial charge in [0.25, 0.3) is 0 Å². The van der Waals surface area contributed by atoms with E-state index in [1.165, 1.54) is 13.2 Å². The molecular formula is C23H28F2N4O3. The van der Waals surface area contributed by atoms with Crippen LogP contribution in [0.4, 0.5) is 8.78 Å². The maximum Gasteiger partial charge on any atom is 0.387 e. The number of alkyl halides is 2. The first-order valence-electron chi connectivity index (χ1n) is 10.4. The molecule has 0 saturated carbocycles. The molecule has 32 heavy (non-hydrogen) atoms. The molecule has 7 nitrogen and oxygen atoms in total. The van der Waals surface area contributed by atoms with Gasteiger partial charge in [-0.15, -0.1) is 0 Å². The zero-order valence-electron chi connectivity index (χ0n) is 18.2. The van der Waals surface area contributed by atoms with Gasteiger partial charge in [0, 0.05) is 45.2 Å². The standard InChI is InChI=1S/C23H28F2N4O3/c1-26-23(28-14-18-12-19(31-2)9-10-20(18)32-22(24)25)27-13-16-6-3-4-7-17(16)15-29-11-5-8-21(29)30/h3-4,6-7,9-10,12,22H,5,8,11,13-15H2,1-2H3,(H2,26,27,28). The molecule has 1 saturated heterocycles. The van der Waals surface area contributed by atoms with Crippen LogP contribution in [0.5, 0.6) is 11.5 Å². The Morgan fingerprint density at radius 2 is 1.84 bits per heavy atom. The van der Waals surface area contributed by atoms with Crippen LogP contribution >= 0.6 is 0 Å². The number of benzene rings is 2. The molecule has 172 valence electrons. The van der Waals surface area contributed by atoms with Gasteiger partial charge in [0.2, 0.25) is 5.91 Å². The smallest absolute Gasteiger partial charge is 0.387 e. The predicted molar refractivity (Wildman–Crippen MR) is 118 cm³/mol. The number of nitrogens with one attached hydrogen (secondary N) is 2. The summed E-state index contributed by atoms with van der Waals surface area (Å²) in [5.41, 5.74) is 2.64. The van der Waals surface area contributed by atoms with Crippen LogP contribution < -0.4 is 20.1 Å². The number of halogens is 2. The quantitative estimate of drug-likeness (QED) is 0.457. The molecule has 0 atom stereocenters. The number of nitrogens with zero attached hydrogens (tertiary/aromatic N) is 2. The molecule has 1 heterocycles. The molecule has 2 aromatic carbocycles. The number of likely N-dealkylation sites (tertiary alicyclic amines) is 1. The van der Waals surface area contributed by atoms with Crippen LogP contribution in [-0.2, 0) is 24.4 Å². The molecule has 0 aromatic heterocycles. The number of carbonyl (C=O) groups excluding carboxylic acids is 1. The SMILES string of the molecule is CN=C(NCc1ccccc1CN1CCCC1=O)NCc1cc(OC)ccc1OC(F)F. The molecule has 1 amide bonds. The van der Waals surface area contributed by atoms with Gasteiger partial charge in [-0.25, -0.2) is 0 Å². The summed E-state index contributed by atoms with van der Waals surface area (Å²) in [4.78, 5) is 18.1. The largest absolute Gasteiger partial charge is 0.497 e. The van der Waals surface area contributed by atoms with Crippen LogP contribution in [0.25, 0.3) is 0 Å². The van der Waals surface area contributed by atoms with E-state index in [-0.39, 0.29) is 18.2 Å². The number of carbonyl (C=O) groups is 1. The van der Waals surface area contributed by atoms with Gasteiger partial charge in [-0.2, -0.15) is 8.78 Å².